The Hall–Kier alpha value is -1.48. The molecule has 3 rings (SSSR count). The number of nitrogens with zero attached hydrogens (tertiary/aromatic N) is 1. The Labute approximate surface area is 125 Å². The highest BCUT2D eigenvalue weighted by atomic mass is 32.1. The minimum atomic E-state index is 0.343. The molecule has 0 radical (unpaired) electrons. The first-order valence-corrected chi connectivity index (χ1v) is 7.76. The third-order valence-electron chi connectivity index (χ3n) is 3.92. The number of benzene rings is 2. The number of nitrogens with one attached hydrogen (secondary N) is 1. The summed E-state index contributed by atoms with van der Waals surface area (Å²) in [4.78, 5) is 8.20. The van der Waals surface area contributed by atoms with E-state index in [0.717, 1.165) is 22.6 Å². The number of aromatic nitrogens is 2. The van der Waals surface area contributed by atoms with E-state index in [1.165, 1.54) is 16.3 Å². The van der Waals surface area contributed by atoms with E-state index in [2.05, 4.69) is 68.7 Å². The molecule has 104 valence electrons. The predicted molar refractivity (Wildman–Crippen MR) is 90.0 cm³/mol. The summed E-state index contributed by atoms with van der Waals surface area (Å²) in [6.07, 6.45) is 0. The van der Waals surface area contributed by atoms with E-state index in [-0.39, 0.29) is 0 Å². The van der Waals surface area contributed by atoms with Crippen LogP contribution < -0.4 is 0 Å². The summed E-state index contributed by atoms with van der Waals surface area (Å²) in [5.41, 5.74) is 3.55. The summed E-state index contributed by atoms with van der Waals surface area (Å²) in [6.45, 7) is 6.59. The molecule has 3 aromatic rings. The van der Waals surface area contributed by atoms with Gasteiger partial charge in [-0.05, 0) is 28.7 Å². The van der Waals surface area contributed by atoms with E-state index in [1.54, 1.807) is 0 Å². The number of aromatic amines is 1. The number of fused-ring (bicyclic) bond motifs is 3. The van der Waals surface area contributed by atoms with Gasteiger partial charge in [0.2, 0.25) is 0 Å². The highest BCUT2D eigenvalue weighted by Gasteiger charge is 2.11. The molecule has 0 aliphatic carbocycles. The Morgan fingerprint density at radius 3 is 2.65 bits per heavy atom. The minimum Gasteiger partial charge on any atom is -0.342 e. The molecule has 1 heterocycles. The molecule has 2 aromatic carbocycles. The summed E-state index contributed by atoms with van der Waals surface area (Å²) < 4.78 is 0. The number of hydrogen-bond acceptors (Lipinski definition) is 2. The van der Waals surface area contributed by atoms with E-state index in [0.29, 0.717) is 11.8 Å². The van der Waals surface area contributed by atoms with Crippen LogP contribution in [0.25, 0.3) is 21.8 Å². The van der Waals surface area contributed by atoms with Gasteiger partial charge < -0.3 is 4.98 Å². The van der Waals surface area contributed by atoms with Crippen molar-refractivity contribution in [1.82, 2.24) is 9.97 Å². The maximum atomic E-state index is 4.78. The molecule has 0 spiro atoms. The SMILES string of the molecule is CC(C)c1ccc2c(ccc3[nH]c(C(C)CS)nc32)c1. The van der Waals surface area contributed by atoms with E-state index < -0.39 is 0 Å². The van der Waals surface area contributed by atoms with Crippen molar-refractivity contribution < 1.29 is 0 Å². The van der Waals surface area contributed by atoms with E-state index in [9.17, 15) is 0 Å². The molecule has 0 fully saturated rings. The molecule has 1 N–H and O–H groups in total. The van der Waals surface area contributed by atoms with Gasteiger partial charge in [-0.2, -0.15) is 12.6 Å². The molecule has 0 saturated carbocycles. The lowest BCUT2D eigenvalue weighted by molar-refractivity contribution is 0.813. The zero-order chi connectivity index (χ0) is 14.3. The molecule has 0 saturated heterocycles. The molecule has 0 aliphatic heterocycles. The Morgan fingerprint density at radius 2 is 1.95 bits per heavy atom. The number of thiol groups is 1. The predicted octanol–water partition coefficient (Wildman–Crippen LogP) is 4.87. The lowest BCUT2D eigenvalue weighted by atomic mass is 9.99. The van der Waals surface area contributed by atoms with E-state index in [1.807, 2.05) is 0 Å². The van der Waals surface area contributed by atoms with Crippen molar-refractivity contribution in [3.63, 3.8) is 0 Å². The zero-order valence-corrected chi connectivity index (χ0v) is 13.0. The second kappa shape index (κ2) is 5.13. The van der Waals surface area contributed by atoms with Crippen LogP contribution in [0, 0.1) is 0 Å². The molecular weight excluding hydrogens is 264 g/mol. The zero-order valence-electron chi connectivity index (χ0n) is 12.1. The first kappa shape index (κ1) is 13.5. The maximum absolute atomic E-state index is 4.78. The van der Waals surface area contributed by atoms with Crippen LogP contribution in [0.1, 0.15) is 44.0 Å². The second-order valence-electron chi connectivity index (χ2n) is 5.80. The van der Waals surface area contributed by atoms with Crippen LogP contribution in [0.5, 0.6) is 0 Å². The summed E-state index contributed by atoms with van der Waals surface area (Å²) >= 11 is 4.36. The topological polar surface area (TPSA) is 28.7 Å². The average Bonchev–Trinajstić information content (AvgIpc) is 2.90. The monoisotopic (exact) mass is 284 g/mol. The van der Waals surface area contributed by atoms with Gasteiger partial charge in [-0.15, -0.1) is 0 Å². The van der Waals surface area contributed by atoms with Crippen molar-refractivity contribution >= 4 is 34.4 Å². The molecule has 1 aromatic heterocycles. The molecule has 1 atom stereocenters. The number of H-pyrrole nitrogens is 1. The molecule has 20 heavy (non-hydrogen) atoms. The summed E-state index contributed by atoms with van der Waals surface area (Å²) in [5, 5.41) is 2.49. The third-order valence-corrected chi connectivity index (χ3v) is 4.47. The second-order valence-corrected chi connectivity index (χ2v) is 6.17. The first-order valence-electron chi connectivity index (χ1n) is 7.13. The van der Waals surface area contributed by atoms with Crippen molar-refractivity contribution in [1.29, 1.82) is 0 Å². The van der Waals surface area contributed by atoms with Gasteiger partial charge in [0.15, 0.2) is 0 Å². The van der Waals surface area contributed by atoms with Crippen LogP contribution in [-0.4, -0.2) is 15.7 Å². The summed E-state index contributed by atoms with van der Waals surface area (Å²) in [7, 11) is 0. The van der Waals surface area contributed by atoms with Crippen molar-refractivity contribution in [3.8, 4) is 0 Å². The molecule has 0 bridgehead atoms. The Kier molecular flexibility index (Phi) is 3.47. The molecular formula is C17H20N2S. The number of imidazole rings is 1. The maximum Gasteiger partial charge on any atom is 0.110 e. The first-order chi connectivity index (χ1) is 9.60. The van der Waals surface area contributed by atoms with Crippen LogP contribution in [0.15, 0.2) is 30.3 Å². The van der Waals surface area contributed by atoms with Crippen molar-refractivity contribution in [3.05, 3.63) is 41.7 Å². The number of hydrogen-bond donors (Lipinski definition) is 2. The molecule has 3 heteroatoms. The van der Waals surface area contributed by atoms with Gasteiger partial charge in [-0.3, -0.25) is 0 Å². The standard InChI is InChI=1S/C17H20N2S/c1-10(2)12-4-6-14-13(8-12)5-7-15-16(14)19-17(18-15)11(3)9-20/h4-8,10-11,20H,9H2,1-3H3,(H,18,19). The van der Waals surface area contributed by atoms with Crippen LogP contribution in [0.2, 0.25) is 0 Å². The highest BCUT2D eigenvalue weighted by Crippen LogP contribution is 2.28. The lowest BCUT2D eigenvalue weighted by Gasteiger charge is -2.07. The summed E-state index contributed by atoms with van der Waals surface area (Å²) in [5.74, 6) is 2.72. The van der Waals surface area contributed by atoms with Crippen LogP contribution in [0.4, 0.5) is 0 Å². The lowest BCUT2D eigenvalue weighted by Crippen LogP contribution is -1.96. The van der Waals surface area contributed by atoms with Gasteiger partial charge in [-0.1, -0.05) is 45.0 Å². The minimum absolute atomic E-state index is 0.343. The van der Waals surface area contributed by atoms with Crippen molar-refractivity contribution in [2.45, 2.75) is 32.6 Å². The molecule has 1 unspecified atom stereocenters. The molecule has 0 amide bonds. The van der Waals surface area contributed by atoms with E-state index in [4.69, 9.17) is 4.98 Å². The average molecular weight is 284 g/mol. The van der Waals surface area contributed by atoms with Gasteiger partial charge in [0, 0.05) is 11.3 Å². The fourth-order valence-electron chi connectivity index (χ4n) is 2.52. The Balaban J connectivity index is 2.22. The van der Waals surface area contributed by atoms with Gasteiger partial charge in [0.25, 0.3) is 0 Å². The largest absolute Gasteiger partial charge is 0.342 e. The molecule has 2 nitrogen and oxygen atoms in total. The van der Waals surface area contributed by atoms with Crippen molar-refractivity contribution in [2.75, 3.05) is 5.75 Å². The number of rotatable bonds is 3. The van der Waals surface area contributed by atoms with Gasteiger partial charge in [0.05, 0.1) is 11.0 Å². The highest BCUT2D eigenvalue weighted by molar-refractivity contribution is 7.80. The van der Waals surface area contributed by atoms with Crippen LogP contribution in [0.3, 0.4) is 0 Å². The van der Waals surface area contributed by atoms with E-state index >= 15 is 0 Å². The molecule has 0 aliphatic rings. The Morgan fingerprint density at radius 1 is 1.15 bits per heavy atom. The van der Waals surface area contributed by atoms with Gasteiger partial charge in [-0.25, -0.2) is 4.98 Å². The fraction of sp³-hybridized carbons (Fsp3) is 0.353. The normalized spacial score (nSPS) is 13.4. The van der Waals surface area contributed by atoms with Gasteiger partial charge >= 0.3 is 0 Å². The third kappa shape index (κ3) is 2.20. The van der Waals surface area contributed by atoms with Crippen molar-refractivity contribution in [2.24, 2.45) is 0 Å². The van der Waals surface area contributed by atoms with Crippen LogP contribution in [-0.2, 0) is 0 Å². The Bertz CT molecular complexity index is 758. The quantitative estimate of drug-likeness (QED) is 0.660. The van der Waals surface area contributed by atoms with Crippen LogP contribution >= 0.6 is 12.6 Å². The smallest absolute Gasteiger partial charge is 0.110 e. The van der Waals surface area contributed by atoms with Gasteiger partial charge in [0.1, 0.15) is 5.82 Å². The fourth-order valence-corrected chi connectivity index (χ4v) is 2.69. The summed E-state index contributed by atoms with van der Waals surface area (Å²) in [6, 6.07) is 11.0.